The molecule has 44 heavy (non-hydrogen) atoms. The SMILES string of the molecule is CCc1ccc(NC(=O)C(CCCNC(N)=O)NC(=O)CNC(=O)CCCCCN(C)C(=O)C(CC=O)C(CC)CC)cc1. The molecule has 1 rings (SSSR count). The van der Waals surface area contributed by atoms with Crippen molar-refractivity contribution >= 4 is 41.6 Å². The number of amides is 6. The summed E-state index contributed by atoms with van der Waals surface area (Å²) in [6.07, 6.45) is 6.52. The Labute approximate surface area is 261 Å². The number of nitrogens with two attached hydrogens (primary N) is 1. The zero-order valence-corrected chi connectivity index (χ0v) is 26.8. The molecule has 0 aliphatic heterocycles. The van der Waals surface area contributed by atoms with Crippen LogP contribution in [0.5, 0.6) is 0 Å². The van der Waals surface area contributed by atoms with Crippen LogP contribution in [0, 0.1) is 11.8 Å². The Morgan fingerprint density at radius 2 is 1.59 bits per heavy atom. The molecule has 0 aliphatic rings. The van der Waals surface area contributed by atoms with E-state index in [-0.39, 0.29) is 56.0 Å². The van der Waals surface area contributed by atoms with Gasteiger partial charge in [0.05, 0.1) is 6.54 Å². The van der Waals surface area contributed by atoms with Gasteiger partial charge >= 0.3 is 6.03 Å². The van der Waals surface area contributed by atoms with E-state index >= 15 is 0 Å². The molecule has 2 atom stereocenters. The van der Waals surface area contributed by atoms with Crippen LogP contribution in [-0.2, 0) is 30.4 Å². The number of rotatable bonds is 22. The van der Waals surface area contributed by atoms with Crippen molar-refractivity contribution in [3.63, 3.8) is 0 Å². The minimum absolute atomic E-state index is 0.0138. The molecule has 0 aromatic heterocycles. The number of carbonyl (C=O) groups is 6. The predicted octanol–water partition coefficient (Wildman–Crippen LogP) is 2.90. The van der Waals surface area contributed by atoms with E-state index in [1.165, 1.54) is 0 Å². The topological polar surface area (TPSA) is 180 Å². The van der Waals surface area contributed by atoms with Gasteiger partial charge in [0.15, 0.2) is 0 Å². The average Bonchev–Trinajstić information content (AvgIpc) is 3.01. The summed E-state index contributed by atoms with van der Waals surface area (Å²) in [7, 11) is 1.75. The van der Waals surface area contributed by atoms with Gasteiger partial charge in [-0.2, -0.15) is 0 Å². The number of aryl methyl sites for hydroxylation is 1. The van der Waals surface area contributed by atoms with Crippen LogP contribution in [-0.4, -0.2) is 73.6 Å². The van der Waals surface area contributed by atoms with E-state index in [9.17, 15) is 28.8 Å². The largest absolute Gasteiger partial charge is 0.352 e. The molecule has 0 saturated carbocycles. The summed E-state index contributed by atoms with van der Waals surface area (Å²) in [6.45, 7) is 6.60. The number of unbranched alkanes of at least 4 members (excludes halogenated alkanes) is 2. The maximum Gasteiger partial charge on any atom is 0.312 e. The van der Waals surface area contributed by atoms with Crippen LogP contribution in [0.15, 0.2) is 24.3 Å². The van der Waals surface area contributed by atoms with Crippen LogP contribution in [0.4, 0.5) is 10.5 Å². The summed E-state index contributed by atoms with van der Waals surface area (Å²) >= 11 is 0. The third kappa shape index (κ3) is 15.0. The maximum atomic E-state index is 12.9. The number of benzene rings is 1. The number of primary amides is 1. The fraction of sp³-hybridized carbons (Fsp3) is 0.625. The smallest absolute Gasteiger partial charge is 0.312 e. The van der Waals surface area contributed by atoms with Gasteiger partial charge in [-0.15, -0.1) is 0 Å². The highest BCUT2D eigenvalue weighted by Crippen LogP contribution is 2.24. The van der Waals surface area contributed by atoms with Gasteiger partial charge in [0.25, 0.3) is 0 Å². The summed E-state index contributed by atoms with van der Waals surface area (Å²) in [4.78, 5) is 74.4. The lowest BCUT2D eigenvalue weighted by Gasteiger charge is -2.27. The Balaban J connectivity index is 2.49. The van der Waals surface area contributed by atoms with Crippen LogP contribution in [0.2, 0.25) is 0 Å². The first kappa shape index (κ1) is 38.1. The minimum atomic E-state index is -0.879. The van der Waals surface area contributed by atoms with Crippen molar-refractivity contribution in [1.29, 1.82) is 0 Å². The van der Waals surface area contributed by atoms with Crippen LogP contribution >= 0.6 is 0 Å². The molecule has 0 heterocycles. The molecule has 6 N–H and O–H groups in total. The molecule has 0 spiro atoms. The number of aldehydes is 1. The van der Waals surface area contributed by atoms with Gasteiger partial charge in [0.2, 0.25) is 23.6 Å². The minimum Gasteiger partial charge on any atom is -0.352 e. The van der Waals surface area contributed by atoms with E-state index < -0.39 is 23.9 Å². The first-order valence-electron chi connectivity index (χ1n) is 15.7. The zero-order chi connectivity index (χ0) is 32.9. The van der Waals surface area contributed by atoms with Crippen LogP contribution < -0.4 is 27.0 Å². The van der Waals surface area contributed by atoms with E-state index in [0.29, 0.717) is 25.1 Å². The first-order chi connectivity index (χ1) is 21.1. The van der Waals surface area contributed by atoms with Gasteiger partial charge in [-0.05, 0) is 55.7 Å². The van der Waals surface area contributed by atoms with Crippen molar-refractivity contribution in [3.8, 4) is 0 Å². The van der Waals surface area contributed by atoms with E-state index in [2.05, 4.69) is 21.3 Å². The van der Waals surface area contributed by atoms with Crippen molar-refractivity contribution in [2.75, 3.05) is 32.0 Å². The summed E-state index contributed by atoms with van der Waals surface area (Å²) in [5.74, 6) is -1.34. The fourth-order valence-electron chi connectivity index (χ4n) is 5.01. The zero-order valence-electron chi connectivity index (χ0n) is 26.8. The number of nitrogens with zero attached hydrogens (tertiary/aromatic N) is 1. The number of urea groups is 1. The second-order valence-electron chi connectivity index (χ2n) is 11.0. The summed E-state index contributed by atoms with van der Waals surface area (Å²) < 4.78 is 0. The van der Waals surface area contributed by atoms with Crippen molar-refractivity contribution in [2.24, 2.45) is 17.6 Å². The molecule has 2 unspecified atom stereocenters. The van der Waals surface area contributed by atoms with Gasteiger partial charge in [0.1, 0.15) is 12.3 Å². The van der Waals surface area contributed by atoms with E-state index in [1.54, 1.807) is 24.1 Å². The average molecular weight is 617 g/mol. The standard InChI is InChI=1S/C32H52N6O6/c1-5-23-14-16-25(17-15-23)36-30(42)27(12-11-19-34-32(33)44)37-29(41)22-35-28(40)13-9-8-10-20-38(4)31(43)26(18-21-39)24(6-2)7-3/h14-17,21,24,26-27H,5-13,18-20,22H2,1-4H3,(H,35,40)(H,36,42)(H,37,41)(H3,33,34,44). The van der Waals surface area contributed by atoms with Crippen molar-refractivity contribution in [3.05, 3.63) is 29.8 Å². The quantitative estimate of drug-likeness (QED) is 0.0987. The molecule has 12 heteroatoms. The van der Waals surface area contributed by atoms with E-state index in [1.807, 2.05) is 32.9 Å². The third-order valence-corrected chi connectivity index (χ3v) is 7.76. The molecule has 6 amide bonds. The molecule has 0 radical (unpaired) electrons. The number of hydrogen-bond donors (Lipinski definition) is 5. The molecule has 0 aliphatic carbocycles. The van der Waals surface area contributed by atoms with Gasteiger partial charge in [-0.3, -0.25) is 19.2 Å². The molecule has 1 aromatic rings. The third-order valence-electron chi connectivity index (χ3n) is 7.76. The van der Waals surface area contributed by atoms with Gasteiger partial charge in [-0.25, -0.2) is 4.79 Å². The van der Waals surface area contributed by atoms with Crippen molar-refractivity contribution in [2.45, 2.75) is 91.0 Å². The molecular formula is C32H52N6O6. The second kappa shape index (κ2) is 21.7. The highest BCUT2D eigenvalue weighted by molar-refractivity contribution is 5.97. The Morgan fingerprint density at radius 3 is 2.18 bits per heavy atom. The van der Waals surface area contributed by atoms with Crippen LogP contribution in [0.25, 0.3) is 0 Å². The number of carbonyl (C=O) groups excluding carboxylic acids is 6. The maximum absolute atomic E-state index is 12.9. The second-order valence-corrected chi connectivity index (χ2v) is 11.0. The Morgan fingerprint density at radius 1 is 0.909 bits per heavy atom. The summed E-state index contributed by atoms with van der Waals surface area (Å²) in [5, 5.41) is 10.5. The van der Waals surface area contributed by atoms with Gasteiger partial charge in [0, 0.05) is 44.6 Å². The lowest BCUT2D eigenvalue weighted by Crippen LogP contribution is -2.47. The van der Waals surface area contributed by atoms with Crippen molar-refractivity contribution < 1.29 is 28.8 Å². The van der Waals surface area contributed by atoms with E-state index in [4.69, 9.17) is 5.73 Å². The molecule has 1 aromatic carbocycles. The molecular weight excluding hydrogens is 564 g/mol. The number of hydrogen-bond acceptors (Lipinski definition) is 6. The van der Waals surface area contributed by atoms with Gasteiger partial charge < -0.3 is 36.7 Å². The Bertz CT molecular complexity index is 1060. The highest BCUT2D eigenvalue weighted by Gasteiger charge is 2.28. The molecule has 0 fully saturated rings. The molecule has 246 valence electrons. The molecule has 12 nitrogen and oxygen atoms in total. The van der Waals surface area contributed by atoms with E-state index in [0.717, 1.165) is 44.0 Å². The Hall–Kier alpha value is -3.96. The predicted molar refractivity (Wildman–Crippen MR) is 171 cm³/mol. The first-order valence-corrected chi connectivity index (χ1v) is 15.7. The molecule has 0 bridgehead atoms. The number of nitrogens with one attached hydrogen (secondary N) is 4. The highest BCUT2D eigenvalue weighted by atomic mass is 16.2. The molecule has 0 saturated heterocycles. The van der Waals surface area contributed by atoms with Gasteiger partial charge in [-0.1, -0.05) is 52.2 Å². The van der Waals surface area contributed by atoms with Crippen LogP contribution in [0.1, 0.15) is 84.1 Å². The Kier molecular flexibility index (Phi) is 18.8. The lowest BCUT2D eigenvalue weighted by atomic mass is 9.85. The van der Waals surface area contributed by atoms with Crippen LogP contribution in [0.3, 0.4) is 0 Å². The lowest BCUT2D eigenvalue weighted by molar-refractivity contribution is -0.137. The summed E-state index contributed by atoms with van der Waals surface area (Å²) in [6, 6.07) is 5.85. The normalized spacial score (nSPS) is 12.1. The monoisotopic (exact) mass is 616 g/mol. The number of anilines is 1. The van der Waals surface area contributed by atoms with Crippen molar-refractivity contribution in [1.82, 2.24) is 20.9 Å². The summed E-state index contributed by atoms with van der Waals surface area (Å²) in [5.41, 5.74) is 6.82. The fourth-order valence-corrected chi connectivity index (χ4v) is 5.01.